The van der Waals surface area contributed by atoms with E-state index in [1.54, 1.807) is 0 Å². The number of rotatable bonds is 3. The number of urea groups is 1. The summed E-state index contributed by atoms with van der Waals surface area (Å²) in [6.45, 7) is 5.04. The van der Waals surface area contributed by atoms with Crippen LogP contribution in [0, 0.1) is 0 Å². The Labute approximate surface area is 183 Å². The molecule has 1 saturated heterocycles. The predicted octanol–water partition coefficient (Wildman–Crippen LogP) is 3.16. The molecule has 4 heterocycles. The third kappa shape index (κ3) is 4.23. The second kappa shape index (κ2) is 8.59. The van der Waals surface area contributed by atoms with Gasteiger partial charge in [-0.05, 0) is 37.2 Å². The number of piperazine rings is 1. The van der Waals surface area contributed by atoms with E-state index in [0.717, 1.165) is 62.8 Å². The number of benzene rings is 1. The number of nitrogens with one attached hydrogen (secondary N) is 2. The van der Waals surface area contributed by atoms with Crippen molar-refractivity contribution in [2.45, 2.75) is 18.9 Å². The minimum atomic E-state index is 0.182. The highest BCUT2D eigenvalue weighted by Gasteiger charge is 2.30. The summed E-state index contributed by atoms with van der Waals surface area (Å²) in [7, 11) is 2.11. The molecule has 2 N–H and O–H groups in total. The van der Waals surface area contributed by atoms with Gasteiger partial charge in [0, 0.05) is 68.8 Å². The second-order valence-electron chi connectivity index (χ2n) is 8.63. The first-order chi connectivity index (χ1) is 15.2. The molecule has 3 aliphatic heterocycles. The Morgan fingerprint density at radius 3 is 2.61 bits per heavy atom. The number of hydrogen-bond donors (Lipinski definition) is 2. The summed E-state index contributed by atoms with van der Waals surface area (Å²) >= 11 is 0. The van der Waals surface area contributed by atoms with Gasteiger partial charge in [-0.3, -0.25) is 0 Å². The van der Waals surface area contributed by atoms with Crippen molar-refractivity contribution in [3.63, 3.8) is 0 Å². The Hall–Kier alpha value is -3.06. The van der Waals surface area contributed by atoms with Crippen molar-refractivity contribution in [1.82, 2.24) is 19.7 Å². The number of amides is 2. The maximum atomic E-state index is 12.9. The molecule has 2 aromatic rings. The highest BCUT2D eigenvalue weighted by Crippen LogP contribution is 2.35. The van der Waals surface area contributed by atoms with Gasteiger partial charge >= 0.3 is 6.03 Å². The van der Waals surface area contributed by atoms with Crippen molar-refractivity contribution in [3.8, 4) is 0 Å². The highest BCUT2D eigenvalue weighted by atomic mass is 16.2. The van der Waals surface area contributed by atoms with E-state index in [4.69, 9.17) is 0 Å². The molecule has 0 radical (unpaired) electrons. The second-order valence-corrected chi connectivity index (χ2v) is 8.63. The average molecular weight is 419 g/mol. The van der Waals surface area contributed by atoms with Crippen molar-refractivity contribution in [1.29, 1.82) is 0 Å². The van der Waals surface area contributed by atoms with E-state index in [0.29, 0.717) is 6.54 Å². The molecule has 0 spiro atoms. The van der Waals surface area contributed by atoms with Crippen molar-refractivity contribution >= 4 is 23.2 Å². The zero-order valence-corrected chi connectivity index (χ0v) is 18.1. The highest BCUT2D eigenvalue weighted by molar-refractivity contribution is 5.75. The summed E-state index contributed by atoms with van der Waals surface area (Å²) in [5, 5.41) is 7.13. The van der Waals surface area contributed by atoms with Gasteiger partial charge < -0.3 is 25.3 Å². The lowest BCUT2D eigenvalue weighted by molar-refractivity contribution is 0.124. The van der Waals surface area contributed by atoms with Crippen LogP contribution in [0.2, 0.25) is 0 Å². The summed E-state index contributed by atoms with van der Waals surface area (Å²) in [6.07, 6.45) is 5.92. The fourth-order valence-electron chi connectivity index (χ4n) is 4.63. The summed E-state index contributed by atoms with van der Waals surface area (Å²) in [4.78, 5) is 23.7. The first-order valence-electron chi connectivity index (χ1n) is 11.2. The first-order valence-corrected chi connectivity index (χ1v) is 11.2. The Kier molecular flexibility index (Phi) is 5.51. The van der Waals surface area contributed by atoms with Gasteiger partial charge in [-0.15, -0.1) is 0 Å². The molecule has 162 valence electrons. The van der Waals surface area contributed by atoms with Crippen LogP contribution >= 0.6 is 0 Å². The lowest BCUT2D eigenvalue weighted by atomic mass is 9.97. The monoisotopic (exact) mass is 418 g/mol. The predicted molar refractivity (Wildman–Crippen MR) is 124 cm³/mol. The zero-order valence-electron chi connectivity index (χ0n) is 18.1. The number of fused-ring (bicyclic) bond motifs is 1. The Morgan fingerprint density at radius 1 is 1.06 bits per heavy atom. The van der Waals surface area contributed by atoms with Gasteiger partial charge in [0.15, 0.2) is 0 Å². The number of hydrogen-bond acceptors (Lipinski definition) is 5. The fourth-order valence-corrected chi connectivity index (χ4v) is 4.63. The van der Waals surface area contributed by atoms with E-state index in [-0.39, 0.29) is 12.1 Å². The minimum Gasteiger partial charge on any atom is -0.363 e. The van der Waals surface area contributed by atoms with Gasteiger partial charge in [0.25, 0.3) is 0 Å². The van der Waals surface area contributed by atoms with Crippen LogP contribution in [-0.4, -0.2) is 78.1 Å². The van der Waals surface area contributed by atoms with Crippen LogP contribution in [0.5, 0.6) is 0 Å². The number of carbonyl (C=O) groups is 1. The first kappa shape index (κ1) is 19.9. The number of para-hydroxylation sites is 1. The minimum absolute atomic E-state index is 0.182. The number of nitrogens with zero attached hydrogens (tertiary/aromatic N) is 4. The number of aromatic nitrogens is 1. The SMILES string of the molecule is CN1CCN(C(=O)N2CC=C(C3Cc4c(Nc5ccccc5)ccnc4N3)CC2)CC1. The molecule has 2 amide bonds. The molecular weight excluding hydrogens is 388 g/mol. The van der Waals surface area contributed by atoms with Crippen LogP contribution in [-0.2, 0) is 6.42 Å². The van der Waals surface area contributed by atoms with Crippen LogP contribution < -0.4 is 10.6 Å². The van der Waals surface area contributed by atoms with E-state index >= 15 is 0 Å². The third-order valence-corrected chi connectivity index (χ3v) is 6.56. The third-order valence-electron chi connectivity index (χ3n) is 6.56. The van der Waals surface area contributed by atoms with Crippen LogP contribution in [0.4, 0.5) is 22.0 Å². The van der Waals surface area contributed by atoms with Crippen molar-refractivity contribution in [2.75, 3.05) is 56.9 Å². The van der Waals surface area contributed by atoms with Gasteiger partial charge in [-0.25, -0.2) is 9.78 Å². The summed E-state index contributed by atoms with van der Waals surface area (Å²) in [6, 6.07) is 12.7. The fraction of sp³-hybridized carbons (Fsp3) is 0.417. The van der Waals surface area contributed by atoms with Crippen LogP contribution in [0.1, 0.15) is 12.0 Å². The Balaban J connectivity index is 1.23. The van der Waals surface area contributed by atoms with Gasteiger partial charge in [0.1, 0.15) is 5.82 Å². The van der Waals surface area contributed by atoms with Gasteiger partial charge in [0.05, 0.1) is 6.04 Å². The van der Waals surface area contributed by atoms with Gasteiger partial charge in [-0.1, -0.05) is 24.3 Å². The topological polar surface area (TPSA) is 63.7 Å². The largest absolute Gasteiger partial charge is 0.363 e. The van der Waals surface area contributed by atoms with E-state index in [9.17, 15) is 4.79 Å². The Morgan fingerprint density at radius 2 is 1.87 bits per heavy atom. The van der Waals surface area contributed by atoms with Gasteiger partial charge in [-0.2, -0.15) is 0 Å². The molecule has 1 aromatic heterocycles. The lowest BCUT2D eigenvalue weighted by Crippen LogP contribution is -2.52. The lowest BCUT2D eigenvalue weighted by Gasteiger charge is -2.37. The molecule has 0 aliphatic carbocycles. The summed E-state index contributed by atoms with van der Waals surface area (Å²) < 4.78 is 0. The van der Waals surface area contributed by atoms with Crippen LogP contribution in [0.3, 0.4) is 0 Å². The molecule has 1 unspecified atom stereocenters. The number of pyridine rings is 1. The van der Waals surface area contributed by atoms with E-state index < -0.39 is 0 Å². The molecule has 1 aromatic carbocycles. The van der Waals surface area contributed by atoms with Crippen LogP contribution in [0.25, 0.3) is 0 Å². The molecule has 0 saturated carbocycles. The molecule has 0 bridgehead atoms. The van der Waals surface area contributed by atoms with Crippen molar-refractivity contribution in [3.05, 3.63) is 59.8 Å². The van der Waals surface area contributed by atoms with Crippen molar-refractivity contribution in [2.24, 2.45) is 0 Å². The standard InChI is InChI=1S/C24H30N6O/c1-28-13-15-30(16-14-28)24(31)29-11-8-18(9-12-29)22-17-20-21(7-10-25-23(20)27-22)26-19-5-3-2-4-6-19/h2-8,10,22H,9,11-17H2,1H3,(H2,25,26,27). The maximum Gasteiger partial charge on any atom is 0.320 e. The number of anilines is 3. The molecule has 31 heavy (non-hydrogen) atoms. The smallest absolute Gasteiger partial charge is 0.320 e. The summed E-state index contributed by atoms with van der Waals surface area (Å²) in [5.74, 6) is 0.961. The van der Waals surface area contributed by atoms with Crippen molar-refractivity contribution < 1.29 is 4.79 Å². The van der Waals surface area contributed by atoms with E-state index in [2.05, 4.69) is 45.8 Å². The molecule has 1 atom stereocenters. The molecule has 7 nitrogen and oxygen atoms in total. The average Bonchev–Trinajstić information content (AvgIpc) is 3.25. The number of carbonyl (C=O) groups excluding carboxylic acids is 1. The molecule has 7 heteroatoms. The van der Waals surface area contributed by atoms with Crippen LogP contribution in [0.15, 0.2) is 54.2 Å². The normalized spacial score (nSPS) is 21.3. The van der Waals surface area contributed by atoms with E-state index in [1.807, 2.05) is 40.3 Å². The molecule has 3 aliphatic rings. The molecule has 1 fully saturated rings. The maximum absolute atomic E-state index is 12.9. The van der Waals surface area contributed by atoms with E-state index in [1.165, 1.54) is 11.1 Å². The molecular formula is C24H30N6O. The number of likely N-dealkylation sites (N-methyl/N-ethyl adjacent to an activating group) is 1. The quantitative estimate of drug-likeness (QED) is 0.750. The van der Waals surface area contributed by atoms with Gasteiger partial charge in [0.2, 0.25) is 0 Å². The Bertz CT molecular complexity index is 967. The summed E-state index contributed by atoms with van der Waals surface area (Å²) in [5.41, 5.74) is 4.79. The zero-order chi connectivity index (χ0) is 21.2. The molecule has 5 rings (SSSR count).